The summed E-state index contributed by atoms with van der Waals surface area (Å²) in [5.41, 5.74) is 0.292. The predicted octanol–water partition coefficient (Wildman–Crippen LogP) is 3.69. The Morgan fingerprint density at radius 2 is 1.93 bits per heavy atom. The number of carbonyl (C=O) groups excluding carboxylic acids is 2. The quantitative estimate of drug-likeness (QED) is 0.348. The first-order valence-corrected chi connectivity index (χ1v) is 12.9. The smallest absolute Gasteiger partial charge is 0.255 e. The van der Waals surface area contributed by atoms with Crippen LogP contribution in [0.4, 0.5) is 0 Å². The van der Waals surface area contributed by atoms with Gasteiger partial charge in [0, 0.05) is 42.0 Å². The number of nitrogens with one attached hydrogen (secondary N) is 2. The molecule has 1 aliphatic heterocycles. The second-order valence-electron chi connectivity index (χ2n) is 6.31. The molecule has 1 saturated heterocycles. The van der Waals surface area contributed by atoms with E-state index in [1.54, 1.807) is 30.0 Å². The van der Waals surface area contributed by atoms with E-state index in [1.807, 2.05) is 21.6 Å². The molecule has 1 heterocycles. The minimum atomic E-state index is -0.267. The van der Waals surface area contributed by atoms with Crippen LogP contribution in [0.5, 0.6) is 5.75 Å². The SMILES string of the molecule is O=C(CCCCC1CCSS1)NCCSCCNC(=O)c1ccccc1O. The fourth-order valence-corrected chi connectivity index (χ4v) is 6.40. The van der Waals surface area contributed by atoms with Crippen molar-refractivity contribution in [2.75, 3.05) is 30.3 Å². The number of benzene rings is 1. The fourth-order valence-electron chi connectivity index (χ4n) is 2.67. The second kappa shape index (κ2) is 13.2. The third kappa shape index (κ3) is 9.17. The molecule has 1 aliphatic rings. The van der Waals surface area contributed by atoms with Gasteiger partial charge in [-0.25, -0.2) is 0 Å². The Labute approximate surface area is 173 Å². The van der Waals surface area contributed by atoms with E-state index in [0.717, 1.165) is 29.6 Å². The summed E-state index contributed by atoms with van der Waals surface area (Å²) >= 11 is 1.68. The van der Waals surface area contributed by atoms with Crippen molar-refractivity contribution in [1.82, 2.24) is 10.6 Å². The lowest BCUT2D eigenvalue weighted by molar-refractivity contribution is -0.121. The molecule has 27 heavy (non-hydrogen) atoms. The zero-order chi connectivity index (χ0) is 19.3. The first-order chi connectivity index (χ1) is 13.2. The highest BCUT2D eigenvalue weighted by Gasteiger charge is 2.15. The summed E-state index contributed by atoms with van der Waals surface area (Å²) in [6.07, 6.45) is 5.26. The summed E-state index contributed by atoms with van der Waals surface area (Å²) in [5, 5.41) is 16.2. The van der Waals surface area contributed by atoms with Gasteiger partial charge < -0.3 is 15.7 Å². The number of phenols is 1. The van der Waals surface area contributed by atoms with Crippen molar-refractivity contribution in [2.24, 2.45) is 0 Å². The van der Waals surface area contributed by atoms with Gasteiger partial charge in [-0.3, -0.25) is 9.59 Å². The van der Waals surface area contributed by atoms with Crippen LogP contribution in [0.1, 0.15) is 42.5 Å². The van der Waals surface area contributed by atoms with Crippen molar-refractivity contribution in [3.8, 4) is 5.75 Å². The molecule has 1 fully saturated rings. The molecule has 0 radical (unpaired) electrons. The topological polar surface area (TPSA) is 78.4 Å². The normalized spacial score (nSPS) is 16.2. The van der Waals surface area contributed by atoms with Crippen molar-refractivity contribution in [2.45, 2.75) is 37.4 Å². The van der Waals surface area contributed by atoms with E-state index in [0.29, 0.717) is 25.1 Å². The largest absolute Gasteiger partial charge is 0.507 e. The molecule has 5 nitrogen and oxygen atoms in total. The van der Waals surface area contributed by atoms with Gasteiger partial charge in [0.25, 0.3) is 5.91 Å². The van der Waals surface area contributed by atoms with Crippen LogP contribution in [0.2, 0.25) is 0 Å². The van der Waals surface area contributed by atoms with Crippen LogP contribution in [0.3, 0.4) is 0 Å². The lowest BCUT2D eigenvalue weighted by Crippen LogP contribution is -2.27. The van der Waals surface area contributed by atoms with Crippen molar-refractivity contribution in [3.63, 3.8) is 0 Å². The van der Waals surface area contributed by atoms with Gasteiger partial charge >= 0.3 is 0 Å². The maximum atomic E-state index is 11.9. The summed E-state index contributed by atoms with van der Waals surface area (Å²) in [7, 11) is 3.97. The maximum Gasteiger partial charge on any atom is 0.255 e. The average Bonchev–Trinajstić information content (AvgIpc) is 3.18. The molecule has 2 rings (SSSR count). The van der Waals surface area contributed by atoms with Crippen molar-refractivity contribution in [1.29, 1.82) is 0 Å². The Balaban J connectivity index is 1.41. The Hall–Kier alpha value is -0.990. The number of hydrogen-bond donors (Lipinski definition) is 3. The Morgan fingerprint density at radius 1 is 1.15 bits per heavy atom. The van der Waals surface area contributed by atoms with E-state index < -0.39 is 0 Å². The fraction of sp³-hybridized carbons (Fsp3) is 0.579. The van der Waals surface area contributed by atoms with Crippen LogP contribution in [-0.2, 0) is 4.79 Å². The van der Waals surface area contributed by atoms with Gasteiger partial charge in [-0.15, -0.1) is 0 Å². The number of carbonyl (C=O) groups is 2. The van der Waals surface area contributed by atoms with Crippen LogP contribution >= 0.6 is 33.3 Å². The first kappa shape index (κ1) is 22.3. The lowest BCUT2D eigenvalue weighted by Gasteiger charge is -2.08. The lowest BCUT2D eigenvalue weighted by atomic mass is 10.1. The second-order valence-corrected chi connectivity index (χ2v) is 10.3. The highest BCUT2D eigenvalue weighted by molar-refractivity contribution is 8.77. The van der Waals surface area contributed by atoms with Gasteiger partial charge in [0.15, 0.2) is 0 Å². The maximum absolute atomic E-state index is 11.9. The van der Waals surface area contributed by atoms with Gasteiger partial charge in [0.2, 0.25) is 5.91 Å². The van der Waals surface area contributed by atoms with Crippen LogP contribution in [0.25, 0.3) is 0 Å². The zero-order valence-electron chi connectivity index (χ0n) is 15.4. The van der Waals surface area contributed by atoms with E-state index in [4.69, 9.17) is 0 Å². The summed E-state index contributed by atoms with van der Waals surface area (Å²) < 4.78 is 0. The zero-order valence-corrected chi connectivity index (χ0v) is 17.9. The molecular formula is C19H28N2O3S3. The molecule has 3 N–H and O–H groups in total. The number of phenolic OH excluding ortho intramolecular Hbond substituents is 1. The third-order valence-corrected chi connectivity index (χ3v) is 8.15. The molecule has 1 aromatic carbocycles. The molecule has 0 aromatic heterocycles. The number of rotatable bonds is 12. The Kier molecular flexibility index (Phi) is 10.9. The summed E-state index contributed by atoms with van der Waals surface area (Å²) in [5.74, 6) is 2.73. The van der Waals surface area contributed by atoms with Gasteiger partial charge in [-0.2, -0.15) is 11.8 Å². The molecule has 1 aromatic rings. The van der Waals surface area contributed by atoms with Gasteiger partial charge in [-0.1, -0.05) is 40.1 Å². The summed E-state index contributed by atoms with van der Waals surface area (Å²) in [6.45, 7) is 1.19. The molecule has 0 saturated carbocycles. The molecule has 2 amide bonds. The summed E-state index contributed by atoms with van der Waals surface area (Å²) in [4.78, 5) is 23.7. The van der Waals surface area contributed by atoms with Crippen molar-refractivity contribution >= 4 is 45.2 Å². The number of amides is 2. The third-order valence-electron chi connectivity index (χ3n) is 4.16. The number of unbranched alkanes of at least 4 members (excludes halogenated alkanes) is 1. The molecule has 1 unspecified atom stereocenters. The molecule has 150 valence electrons. The summed E-state index contributed by atoms with van der Waals surface area (Å²) in [6, 6.07) is 6.50. The van der Waals surface area contributed by atoms with Gasteiger partial charge in [0.05, 0.1) is 5.56 Å². The van der Waals surface area contributed by atoms with Crippen LogP contribution in [0, 0.1) is 0 Å². The molecule has 0 spiro atoms. The van der Waals surface area contributed by atoms with E-state index in [1.165, 1.54) is 24.7 Å². The molecule has 1 atom stereocenters. The highest BCUT2D eigenvalue weighted by Crippen LogP contribution is 2.39. The van der Waals surface area contributed by atoms with E-state index in [-0.39, 0.29) is 17.6 Å². The van der Waals surface area contributed by atoms with Crippen molar-refractivity contribution in [3.05, 3.63) is 29.8 Å². The predicted molar refractivity (Wildman–Crippen MR) is 118 cm³/mol. The van der Waals surface area contributed by atoms with E-state index >= 15 is 0 Å². The first-order valence-electron chi connectivity index (χ1n) is 9.35. The highest BCUT2D eigenvalue weighted by atomic mass is 33.1. The van der Waals surface area contributed by atoms with Crippen LogP contribution < -0.4 is 10.6 Å². The number of aromatic hydroxyl groups is 1. The molecular weight excluding hydrogens is 400 g/mol. The molecule has 0 aliphatic carbocycles. The molecule has 0 bridgehead atoms. The number of para-hydroxylation sites is 1. The number of hydrogen-bond acceptors (Lipinski definition) is 6. The minimum Gasteiger partial charge on any atom is -0.507 e. The average molecular weight is 429 g/mol. The molecule has 8 heteroatoms. The van der Waals surface area contributed by atoms with Gasteiger partial charge in [0.1, 0.15) is 5.75 Å². The van der Waals surface area contributed by atoms with Gasteiger partial charge in [-0.05, 0) is 31.4 Å². The van der Waals surface area contributed by atoms with Crippen LogP contribution in [-0.4, -0.2) is 52.5 Å². The Bertz CT molecular complexity index is 595. The minimum absolute atomic E-state index is 0.00810. The van der Waals surface area contributed by atoms with E-state index in [2.05, 4.69) is 10.6 Å². The Morgan fingerprint density at radius 3 is 2.67 bits per heavy atom. The standard InChI is InChI=1S/C19H28N2O3S3/c22-17-7-3-2-6-16(17)19(24)21-11-14-25-13-10-20-18(23)8-4-1-5-15-9-12-26-27-15/h2-3,6-7,15,22H,1,4-5,8-14H2,(H,20,23)(H,21,24). The van der Waals surface area contributed by atoms with Crippen molar-refractivity contribution < 1.29 is 14.7 Å². The number of thioether (sulfide) groups is 1. The van der Waals surface area contributed by atoms with Crippen LogP contribution in [0.15, 0.2) is 24.3 Å². The monoisotopic (exact) mass is 428 g/mol. The van der Waals surface area contributed by atoms with E-state index in [9.17, 15) is 14.7 Å².